The Labute approximate surface area is 191 Å². The van der Waals surface area contributed by atoms with Crippen LogP contribution in [-0.2, 0) is 21.0 Å². The van der Waals surface area contributed by atoms with Crippen LogP contribution in [0, 0.1) is 0 Å². The second-order valence-corrected chi connectivity index (χ2v) is 10.6. The van der Waals surface area contributed by atoms with E-state index in [9.17, 15) is 4.21 Å². The molecule has 0 bridgehead atoms. The molecule has 0 spiro atoms. The first-order valence-corrected chi connectivity index (χ1v) is 12.8. The standard InChI is InChI=1S/C19H27N11O2S/c1-33(2,31)29-5-3-27(4-6-29)13-15-24-25-18-17(28-7-9-32-10-8-28)23-16(26-30(15)18)14-11-21-19(20)22-12-14/h11-12H,1,3-10,13H2,2H3,(H2,20,21,22). The van der Waals surface area contributed by atoms with Gasteiger partial charge in [0.25, 0.3) is 0 Å². The van der Waals surface area contributed by atoms with Crippen molar-refractivity contribution in [3.63, 3.8) is 0 Å². The molecule has 13 nitrogen and oxygen atoms in total. The van der Waals surface area contributed by atoms with Gasteiger partial charge < -0.3 is 15.4 Å². The fourth-order valence-electron chi connectivity index (χ4n) is 3.96. The van der Waals surface area contributed by atoms with Crippen LogP contribution in [0.25, 0.3) is 17.0 Å². The maximum Gasteiger partial charge on any atom is 0.220 e. The average molecular weight is 474 g/mol. The third-order valence-corrected chi connectivity index (χ3v) is 7.25. The van der Waals surface area contributed by atoms with Gasteiger partial charge in [-0.2, -0.15) is 4.52 Å². The van der Waals surface area contributed by atoms with Crippen molar-refractivity contribution in [1.82, 2.24) is 44.0 Å². The Morgan fingerprint density at radius 1 is 1.09 bits per heavy atom. The van der Waals surface area contributed by atoms with E-state index in [1.165, 1.54) is 0 Å². The predicted octanol–water partition coefficient (Wildman–Crippen LogP) is -1.23. The number of nitrogen functional groups attached to an aromatic ring is 1. The molecule has 1 unspecified atom stereocenters. The number of hydrogen-bond acceptors (Lipinski definition) is 11. The molecule has 0 amide bonds. The van der Waals surface area contributed by atoms with E-state index in [0.29, 0.717) is 74.6 Å². The second kappa shape index (κ2) is 8.78. The summed E-state index contributed by atoms with van der Waals surface area (Å²) in [5.41, 5.74) is 6.90. The van der Waals surface area contributed by atoms with Crippen LogP contribution >= 0.6 is 0 Å². The monoisotopic (exact) mass is 473 g/mol. The first kappa shape index (κ1) is 21.9. The van der Waals surface area contributed by atoms with Crippen LogP contribution in [0.15, 0.2) is 12.4 Å². The van der Waals surface area contributed by atoms with Crippen molar-refractivity contribution in [2.75, 3.05) is 69.4 Å². The zero-order valence-corrected chi connectivity index (χ0v) is 19.3. The molecular formula is C19H27N11O2S. The van der Waals surface area contributed by atoms with Crippen molar-refractivity contribution in [3.05, 3.63) is 18.2 Å². The van der Waals surface area contributed by atoms with Crippen LogP contribution in [0.1, 0.15) is 5.82 Å². The Bertz CT molecular complexity index is 1230. The summed E-state index contributed by atoms with van der Waals surface area (Å²) in [6.45, 7) is 6.11. The van der Waals surface area contributed by atoms with Gasteiger partial charge in [0.05, 0.1) is 25.3 Å². The highest BCUT2D eigenvalue weighted by Crippen LogP contribution is 2.24. The summed E-state index contributed by atoms with van der Waals surface area (Å²) in [5.74, 6) is 5.86. The van der Waals surface area contributed by atoms with Crippen molar-refractivity contribution in [3.8, 4) is 11.4 Å². The van der Waals surface area contributed by atoms with Crippen molar-refractivity contribution in [2.45, 2.75) is 6.54 Å². The van der Waals surface area contributed by atoms with Gasteiger partial charge in [-0.25, -0.2) is 19.3 Å². The molecule has 14 heteroatoms. The lowest BCUT2D eigenvalue weighted by atomic mass is 10.3. The summed E-state index contributed by atoms with van der Waals surface area (Å²) >= 11 is 0. The minimum Gasteiger partial charge on any atom is -0.378 e. The summed E-state index contributed by atoms with van der Waals surface area (Å²) in [4.78, 5) is 17.3. The molecule has 2 fully saturated rings. The van der Waals surface area contributed by atoms with Gasteiger partial charge in [0.2, 0.25) is 11.6 Å². The summed E-state index contributed by atoms with van der Waals surface area (Å²) in [7, 11) is -2.19. The summed E-state index contributed by atoms with van der Waals surface area (Å²) < 4.78 is 21.4. The quantitative estimate of drug-likeness (QED) is 0.445. The van der Waals surface area contributed by atoms with E-state index in [4.69, 9.17) is 20.6 Å². The summed E-state index contributed by atoms with van der Waals surface area (Å²) in [6.07, 6.45) is 4.90. The van der Waals surface area contributed by atoms with E-state index in [1.54, 1.807) is 23.2 Å². The number of rotatable bonds is 5. The van der Waals surface area contributed by atoms with Crippen molar-refractivity contribution >= 4 is 33.0 Å². The average Bonchev–Trinajstić information content (AvgIpc) is 3.22. The lowest BCUT2D eigenvalue weighted by Crippen LogP contribution is -2.48. The minimum absolute atomic E-state index is 0.190. The highest BCUT2D eigenvalue weighted by molar-refractivity contribution is 7.97. The van der Waals surface area contributed by atoms with E-state index >= 15 is 0 Å². The Kier molecular flexibility index (Phi) is 5.82. The molecule has 3 aromatic rings. The second-order valence-electron chi connectivity index (χ2n) is 8.20. The van der Waals surface area contributed by atoms with Crippen LogP contribution < -0.4 is 10.6 Å². The molecule has 0 aliphatic carbocycles. The van der Waals surface area contributed by atoms with Crippen LogP contribution in [-0.4, -0.2) is 113 Å². The van der Waals surface area contributed by atoms with Gasteiger partial charge in [0.15, 0.2) is 17.5 Å². The minimum atomic E-state index is -2.19. The van der Waals surface area contributed by atoms with E-state index in [-0.39, 0.29) is 5.95 Å². The van der Waals surface area contributed by atoms with Gasteiger partial charge in [0.1, 0.15) is 0 Å². The van der Waals surface area contributed by atoms with E-state index in [2.05, 4.69) is 35.8 Å². The molecule has 2 aliphatic heterocycles. The molecule has 33 heavy (non-hydrogen) atoms. The highest BCUT2D eigenvalue weighted by atomic mass is 32.2. The maximum absolute atomic E-state index is 12.2. The van der Waals surface area contributed by atoms with Crippen molar-refractivity contribution in [1.29, 1.82) is 0 Å². The lowest BCUT2D eigenvalue weighted by Gasteiger charge is -2.34. The molecule has 2 aliphatic rings. The third kappa shape index (κ3) is 4.59. The third-order valence-electron chi connectivity index (χ3n) is 5.79. The molecule has 0 saturated carbocycles. The molecular weight excluding hydrogens is 446 g/mol. The van der Waals surface area contributed by atoms with Gasteiger partial charge in [-0.15, -0.1) is 15.3 Å². The topological polar surface area (TPSA) is 144 Å². The van der Waals surface area contributed by atoms with Crippen LogP contribution in [0.5, 0.6) is 0 Å². The number of fused-ring (bicyclic) bond motifs is 1. The molecule has 0 aromatic carbocycles. The number of piperazine rings is 1. The molecule has 5 rings (SSSR count). The van der Waals surface area contributed by atoms with Gasteiger partial charge in [-0.05, 0) is 5.87 Å². The molecule has 176 valence electrons. The molecule has 2 N–H and O–H groups in total. The van der Waals surface area contributed by atoms with E-state index in [0.717, 1.165) is 13.1 Å². The van der Waals surface area contributed by atoms with E-state index in [1.807, 2.05) is 4.31 Å². The SMILES string of the molecule is C=S(C)(=O)N1CCN(Cc2nnc3c(N4CCOCC4)nc(-c4cnc(N)nc4)nn23)CC1. The first-order chi connectivity index (χ1) is 15.9. The highest BCUT2D eigenvalue weighted by Gasteiger charge is 2.25. The number of nitrogens with zero attached hydrogens (tertiary/aromatic N) is 10. The van der Waals surface area contributed by atoms with Gasteiger partial charge in [-0.3, -0.25) is 9.11 Å². The molecule has 1 atom stereocenters. The molecule has 2 saturated heterocycles. The lowest BCUT2D eigenvalue weighted by molar-refractivity contribution is 0.122. The number of nitrogens with two attached hydrogens (primary N) is 1. The largest absolute Gasteiger partial charge is 0.378 e. The Morgan fingerprint density at radius 2 is 1.79 bits per heavy atom. The van der Waals surface area contributed by atoms with Crippen LogP contribution in [0.4, 0.5) is 11.8 Å². The maximum atomic E-state index is 12.2. The summed E-state index contributed by atoms with van der Waals surface area (Å²) in [6, 6.07) is 0. The Hall–Kier alpha value is -2.94. The fourth-order valence-corrected chi connectivity index (χ4v) is 4.90. The molecule has 3 aromatic heterocycles. The molecule has 5 heterocycles. The predicted molar refractivity (Wildman–Crippen MR) is 125 cm³/mol. The van der Waals surface area contributed by atoms with Gasteiger partial charge in [0, 0.05) is 67.6 Å². The van der Waals surface area contributed by atoms with Crippen LogP contribution in [0.2, 0.25) is 0 Å². The zero-order valence-electron chi connectivity index (χ0n) is 18.5. The number of anilines is 2. The number of morpholine rings is 1. The normalized spacial score (nSPS) is 20.2. The number of aromatic nitrogens is 7. The first-order valence-electron chi connectivity index (χ1n) is 10.7. The van der Waals surface area contributed by atoms with Gasteiger partial charge in [-0.1, -0.05) is 0 Å². The smallest absolute Gasteiger partial charge is 0.220 e. The molecule has 0 radical (unpaired) electrons. The number of ether oxygens (including phenoxy) is 1. The van der Waals surface area contributed by atoms with Crippen molar-refractivity contribution < 1.29 is 8.95 Å². The Morgan fingerprint density at radius 3 is 2.45 bits per heavy atom. The fraction of sp³-hybridized carbons (Fsp3) is 0.526. The number of hydrogen-bond donors (Lipinski definition) is 1. The van der Waals surface area contributed by atoms with Crippen molar-refractivity contribution in [2.24, 2.45) is 0 Å². The van der Waals surface area contributed by atoms with Crippen LogP contribution in [0.3, 0.4) is 0 Å². The van der Waals surface area contributed by atoms with Gasteiger partial charge >= 0.3 is 0 Å². The Balaban J connectivity index is 1.48. The van der Waals surface area contributed by atoms with E-state index < -0.39 is 9.71 Å². The summed E-state index contributed by atoms with van der Waals surface area (Å²) in [5, 5.41) is 13.6. The zero-order chi connectivity index (χ0) is 23.0.